The number of ether oxygens (including phenoxy) is 9. The van der Waals surface area contributed by atoms with Gasteiger partial charge in [0.1, 0.15) is 0 Å². The van der Waals surface area contributed by atoms with E-state index in [0.29, 0.717) is 104 Å². The van der Waals surface area contributed by atoms with E-state index in [1.807, 2.05) is 0 Å². The van der Waals surface area contributed by atoms with E-state index in [4.69, 9.17) is 42.6 Å². The summed E-state index contributed by atoms with van der Waals surface area (Å²) in [6.07, 6.45) is 0. The van der Waals surface area contributed by atoms with Gasteiger partial charge in [-0.3, -0.25) is 0 Å². The molecule has 0 radical (unpaired) electrons. The Morgan fingerprint density at radius 3 is 0.967 bits per heavy atom. The third-order valence-corrected chi connectivity index (χ3v) is 5.11. The summed E-state index contributed by atoms with van der Waals surface area (Å²) in [5, 5.41) is 0.680. The maximum absolute atomic E-state index is 5.84. The van der Waals surface area contributed by atoms with E-state index < -0.39 is 0 Å². The van der Waals surface area contributed by atoms with Crippen LogP contribution in [0.5, 0.6) is 0 Å². The third kappa shape index (κ3) is 18.9. The third-order valence-electron chi connectivity index (χ3n) is 3.92. The molecule has 0 aliphatic heterocycles. The minimum atomic E-state index is -0.314. The van der Waals surface area contributed by atoms with Crippen LogP contribution in [-0.4, -0.2) is 126 Å². The summed E-state index contributed by atoms with van der Waals surface area (Å²) in [7, 11) is 4.94. The molecule has 0 bridgehead atoms. The van der Waals surface area contributed by atoms with E-state index in [1.54, 1.807) is 21.3 Å². The molecule has 0 amide bonds. The minimum Gasteiger partial charge on any atom is -0.382 e. The van der Waals surface area contributed by atoms with Crippen LogP contribution in [0.4, 0.5) is 0 Å². The van der Waals surface area contributed by atoms with Gasteiger partial charge in [-0.15, -0.1) is 0 Å². The average molecular weight is 505 g/mol. The summed E-state index contributed by atoms with van der Waals surface area (Å²) in [5.41, 5.74) is -0.314. The van der Waals surface area contributed by atoms with Gasteiger partial charge in [0.05, 0.1) is 105 Å². The largest absolute Gasteiger partial charge is 0.382 e. The molecule has 0 fully saturated rings. The average Bonchev–Trinajstić information content (AvgIpc) is 2.76. The molecule has 0 saturated heterocycles. The van der Waals surface area contributed by atoms with Crippen LogP contribution >= 0.6 is 15.9 Å². The van der Waals surface area contributed by atoms with E-state index in [-0.39, 0.29) is 5.41 Å². The predicted octanol–water partition coefficient (Wildman–Crippen LogP) is 1.41. The van der Waals surface area contributed by atoms with Gasteiger partial charge in [-0.25, -0.2) is 0 Å². The van der Waals surface area contributed by atoms with Crippen molar-refractivity contribution in [3.8, 4) is 0 Å². The van der Waals surface area contributed by atoms with Crippen molar-refractivity contribution in [3.05, 3.63) is 0 Å². The van der Waals surface area contributed by atoms with Gasteiger partial charge in [0, 0.05) is 26.7 Å². The Morgan fingerprint density at radius 2 is 0.700 bits per heavy atom. The zero-order chi connectivity index (χ0) is 22.2. The van der Waals surface area contributed by atoms with Crippen LogP contribution in [-0.2, 0) is 42.6 Å². The zero-order valence-electron chi connectivity index (χ0n) is 18.9. The lowest BCUT2D eigenvalue weighted by molar-refractivity contribution is -0.0793. The Hall–Kier alpha value is 0.120. The van der Waals surface area contributed by atoms with Crippen molar-refractivity contribution >= 4 is 15.9 Å². The molecule has 0 N–H and O–H groups in total. The molecule has 10 heteroatoms. The molecule has 0 aliphatic rings. The first-order valence-corrected chi connectivity index (χ1v) is 11.4. The Bertz CT molecular complexity index is 292. The molecule has 0 unspecified atom stereocenters. The second-order valence-electron chi connectivity index (χ2n) is 6.61. The van der Waals surface area contributed by atoms with E-state index in [0.717, 1.165) is 0 Å². The number of methoxy groups -OCH3 is 3. The number of alkyl halides is 1. The highest BCUT2D eigenvalue weighted by molar-refractivity contribution is 9.09. The van der Waals surface area contributed by atoms with Crippen LogP contribution in [0.2, 0.25) is 0 Å². The van der Waals surface area contributed by atoms with Gasteiger partial charge in [0.2, 0.25) is 0 Å². The fraction of sp³-hybridized carbons (Fsp3) is 1.00. The van der Waals surface area contributed by atoms with Gasteiger partial charge in [-0.2, -0.15) is 0 Å². The summed E-state index contributed by atoms with van der Waals surface area (Å²) in [6.45, 7) is 7.91. The Kier molecular flexibility index (Phi) is 23.9. The maximum atomic E-state index is 5.84. The quantitative estimate of drug-likeness (QED) is 0.135. The van der Waals surface area contributed by atoms with Gasteiger partial charge in [0.25, 0.3) is 0 Å². The van der Waals surface area contributed by atoms with Crippen molar-refractivity contribution < 1.29 is 42.6 Å². The fourth-order valence-corrected chi connectivity index (χ4v) is 2.68. The summed E-state index contributed by atoms with van der Waals surface area (Å²) < 4.78 is 48.7. The van der Waals surface area contributed by atoms with E-state index in [9.17, 15) is 0 Å². The molecule has 0 aromatic carbocycles. The first-order valence-electron chi connectivity index (χ1n) is 10.2. The minimum absolute atomic E-state index is 0.314. The van der Waals surface area contributed by atoms with Crippen LogP contribution in [0.3, 0.4) is 0 Å². The number of hydrogen-bond donors (Lipinski definition) is 0. The van der Waals surface area contributed by atoms with E-state index >= 15 is 0 Å². The molecule has 0 aromatic heterocycles. The summed E-state index contributed by atoms with van der Waals surface area (Å²) in [4.78, 5) is 0. The highest BCUT2D eigenvalue weighted by atomic mass is 79.9. The van der Waals surface area contributed by atoms with Crippen molar-refractivity contribution in [2.75, 3.05) is 126 Å². The summed E-state index contributed by atoms with van der Waals surface area (Å²) in [5.74, 6) is 0. The van der Waals surface area contributed by atoms with Crippen LogP contribution in [0, 0.1) is 5.41 Å². The molecule has 0 aromatic rings. The lowest BCUT2D eigenvalue weighted by atomic mass is 9.94. The molecule has 0 atom stereocenters. The highest BCUT2D eigenvalue weighted by Crippen LogP contribution is 2.22. The van der Waals surface area contributed by atoms with E-state index in [1.165, 1.54) is 0 Å². The summed E-state index contributed by atoms with van der Waals surface area (Å²) >= 11 is 3.60. The molecule has 0 spiro atoms. The zero-order valence-corrected chi connectivity index (χ0v) is 20.5. The first kappa shape index (κ1) is 30.1. The summed E-state index contributed by atoms with van der Waals surface area (Å²) in [6, 6.07) is 0. The molecular weight excluding hydrogens is 464 g/mol. The Labute approximate surface area is 190 Å². The monoisotopic (exact) mass is 504 g/mol. The van der Waals surface area contributed by atoms with Gasteiger partial charge in [-0.05, 0) is 0 Å². The molecule has 182 valence electrons. The van der Waals surface area contributed by atoms with Crippen LogP contribution in [0.15, 0.2) is 0 Å². The number of halogens is 1. The second kappa shape index (κ2) is 23.8. The molecule has 0 heterocycles. The van der Waals surface area contributed by atoms with Gasteiger partial charge in [0.15, 0.2) is 0 Å². The van der Waals surface area contributed by atoms with Crippen LogP contribution in [0.1, 0.15) is 0 Å². The predicted molar refractivity (Wildman–Crippen MR) is 117 cm³/mol. The number of rotatable bonds is 25. The van der Waals surface area contributed by atoms with Crippen molar-refractivity contribution in [1.82, 2.24) is 0 Å². The fourth-order valence-electron chi connectivity index (χ4n) is 2.19. The molecule has 0 saturated carbocycles. The Morgan fingerprint density at radius 1 is 0.433 bits per heavy atom. The van der Waals surface area contributed by atoms with Crippen molar-refractivity contribution in [3.63, 3.8) is 0 Å². The number of hydrogen-bond acceptors (Lipinski definition) is 9. The van der Waals surface area contributed by atoms with Gasteiger partial charge >= 0.3 is 0 Å². The highest BCUT2D eigenvalue weighted by Gasteiger charge is 2.30. The maximum Gasteiger partial charge on any atom is 0.0701 e. The standard InChI is InChI=1S/C20H41BrO9/c1-22-4-7-25-10-13-28-17-20(16-21,18-29-14-11-26-8-5-23-2)19-30-15-12-27-9-6-24-3/h4-19H2,1-3H3. The SMILES string of the molecule is COCCOCCOCC(CBr)(COCCOCCOC)COCCOCCOC. The van der Waals surface area contributed by atoms with E-state index in [2.05, 4.69) is 15.9 Å². The molecule has 0 aliphatic carbocycles. The molecule has 30 heavy (non-hydrogen) atoms. The van der Waals surface area contributed by atoms with Gasteiger partial charge < -0.3 is 42.6 Å². The molecular formula is C20H41BrO9. The lowest BCUT2D eigenvalue weighted by Gasteiger charge is -2.31. The lowest BCUT2D eigenvalue weighted by Crippen LogP contribution is -2.40. The smallest absolute Gasteiger partial charge is 0.0701 e. The van der Waals surface area contributed by atoms with Crippen LogP contribution in [0.25, 0.3) is 0 Å². The van der Waals surface area contributed by atoms with Gasteiger partial charge in [-0.1, -0.05) is 15.9 Å². The molecule has 9 nitrogen and oxygen atoms in total. The first-order chi connectivity index (χ1) is 14.7. The molecule has 0 rings (SSSR count). The Balaban J connectivity index is 4.23. The topological polar surface area (TPSA) is 83.1 Å². The van der Waals surface area contributed by atoms with Crippen molar-refractivity contribution in [2.45, 2.75) is 0 Å². The van der Waals surface area contributed by atoms with Crippen molar-refractivity contribution in [2.24, 2.45) is 5.41 Å². The van der Waals surface area contributed by atoms with Crippen LogP contribution < -0.4 is 0 Å². The normalized spacial score (nSPS) is 12.0. The van der Waals surface area contributed by atoms with Crippen molar-refractivity contribution in [1.29, 1.82) is 0 Å². The second-order valence-corrected chi connectivity index (χ2v) is 7.17.